The fourth-order valence-corrected chi connectivity index (χ4v) is 3.09. The first-order valence-electron chi connectivity index (χ1n) is 9.30. The summed E-state index contributed by atoms with van der Waals surface area (Å²) in [6, 6.07) is 14.7. The molecule has 0 atom stereocenters. The summed E-state index contributed by atoms with van der Waals surface area (Å²) >= 11 is 0. The van der Waals surface area contributed by atoms with Gasteiger partial charge in [0.2, 0.25) is 5.91 Å². The Morgan fingerprint density at radius 2 is 1.88 bits per heavy atom. The molecular weight excluding hydrogens is 328 g/mol. The van der Waals surface area contributed by atoms with E-state index < -0.39 is 0 Å². The number of carbonyl (C=O) groups excluding carboxylic acids is 2. The van der Waals surface area contributed by atoms with Gasteiger partial charge in [0.05, 0.1) is 19.6 Å². The zero-order valence-electron chi connectivity index (χ0n) is 15.3. The van der Waals surface area contributed by atoms with E-state index in [4.69, 9.17) is 4.74 Å². The number of benzene rings is 1. The fraction of sp³-hybridized carbons (Fsp3) is 0.429. The van der Waals surface area contributed by atoms with Crippen molar-refractivity contribution in [1.29, 1.82) is 0 Å². The Morgan fingerprint density at radius 1 is 1.12 bits per heavy atom. The van der Waals surface area contributed by atoms with Crippen LogP contribution in [0.1, 0.15) is 43.9 Å². The highest BCUT2D eigenvalue weighted by molar-refractivity contribution is 5.81. The molecule has 5 heteroatoms. The molecule has 1 aliphatic carbocycles. The zero-order valence-corrected chi connectivity index (χ0v) is 15.3. The molecular formula is C21H26N2O3. The third-order valence-electron chi connectivity index (χ3n) is 4.61. The predicted molar refractivity (Wildman–Crippen MR) is 99.4 cm³/mol. The van der Waals surface area contributed by atoms with Gasteiger partial charge in [0.15, 0.2) is 0 Å². The smallest absolute Gasteiger partial charge is 0.306 e. The molecule has 0 aliphatic heterocycles. The predicted octanol–water partition coefficient (Wildman–Crippen LogP) is 3.37. The Bertz CT molecular complexity index is 735. The maximum absolute atomic E-state index is 12.6. The van der Waals surface area contributed by atoms with Crippen molar-refractivity contribution in [3.8, 4) is 0 Å². The molecule has 0 saturated heterocycles. The first kappa shape index (κ1) is 18.2. The summed E-state index contributed by atoms with van der Waals surface area (Å²) in [5.41, 5.74) is 2.35. The summed E-state index contributed by atoms with van der Waals surface area (Å²) in [5, 5.41) is 0. The summed E-state index contributed by atoms with van der Waals surface area (Å²) in [7, 11) is 0. The van der Waals surface area contributed by atoms with Crippen LogP contribution in [0.3, 0.4) is 0 Å². The monoisotopic (exact) mass is 354 g/mol. The Labute approximate surface area is 154 Å². The highest BCUT2D eigenvalue weighted by Crippen LogP contribution is 2.29. The van der Waals surface area contributed by atoms with Gasteiger partial charge in [-0.1, -0.05) is 30.3 Å². The maximum atomic E-state index is 12.6. The van der Waals surface area contributed by atoms with Gasteiger partial charge < -0.3 is 14.2 Å². The molecule has 1 aromatic carbocycles. The number of esters is 1. The summed E-state index contributed by atoms with van der Waals surface area (Å²) < 4.78 is 7.11. The van der Waals surface area contributed by atoms with Crippen molar-refractivity contribution in [1.82, 2.24) is 9.47 Å². The second-order valence-electron chi connectivity index (χ2n) is 6.67. The van der Waals surface area contributed by atoms with E-state index in [1.165, 1.54) is 5.56 Å². The third kappa shape index (κ3) is 4.97. The average Bonchev–Trinajstić information content (AvgIpc) is 3.40. The Kier molecular flexibility index (Phi) is 6.10. The highest BCUT2D eigenvalue weighted by atomic mass is 16.5. The molecule has 0 unspecified atom stereocenters. The van der Waals surface area contributed by atoms with Crippen LogP contribution >= 0.6 is 0 Å². The van der Waals surface area contributed by atoms with E-state index in [-0.39, 0.29) is 24.7 Å². The van der Waals surface area contributed by atoms with Crippen molar-refractivity contribution in [3.05, 3.63) is 59.9 Å². The molecule has 1 saturated carbocycles. The number of ether oxygens (including phenoxy) is 1. The maximum Gasteiger partial charge on any atom is 0.306 e. The molecule has 138 valence electrons. The Balaban J connectivity index is 1.63. The lowest BCUT2D eigenvalue weighted by Gasteiger charge is -2.23. The second kappa shape index (κ2) is 8.70. The van der Waals surface area contributed by atoms with Crippen LogP contribution in [0.15, 0.2) is 48.7 Å². The van der Waals surface area contributed by atoms with Gasteiger partial charge in [-0.3, -0.25) is 9.59 Å². The van der Waals surface area contributed by atoms with Gasteiger partial charge in [0, 0.05) is 30.9 Å². The minimum atomic E-state index is -0.302. The van der Waals surface area contributed by atoms with Crippen molar-refractivity contribution in [2.75, 3.05) is 6.61 Å². The lowest BCUT2D eigenvalue weighted by Crippen LogP contribution is -2.33. The van der Waals surface area contributed by atoms with Crippen molar-refractivity contribution in [3.63, 3.8) is 0 Å². The van der Waals surface area contributed by atoms with Crippen LogP contribution in [0, 0.1) is 0 Å². The number of rotatable bonds is 9. The number of amides is 1. The van der Waals surface area contributed by atoms with Crippen molar-refractivity contribution in [2.24, 2.45) is 0 Å². The van der Waals surface area contributed by atoms with Crippen LogP contribution in [0.5, 0.6) is 0 Å². The molecule has 1 amide bonds. The van der Waals surface area contributed by atoms with E-state index in [1.54, 1.807) is 6.92 Å². The van der Waals surface area contributed by atoms with Gasteiger partial charge >= 0.3 is 5.97 Å². The molecule has 1 aromatic heterocycles. The van der Waals surface area contributed by atoms with Gasteiger partial charge in [0.1, 0.15) is 0 Å². The van der Waals surface area contributed by atoms with Gasteiger partial charge in [-0.05, 0) is 37.5 Å². The van der Waals surface area contributed by atoms with E-state index in [1.807, 2.05) is 29.2 Å². The van der Waals surface area contributed by atoms with Crippen LogP contribution in [0.25, 0.3) is 0 Å². The summed E-state index contributed by atoms with van der Waals surface area (Å²) in [6.45, 7) is 3.51. The molecule has 1 heterocycles. The first-order chi connectivity index (χ1) is 12.7. The van der Waals surface area contributed by atoms with Crippen LogP contribution in [0.4, 0.5) is 0 Å². The summed E-state index contributed by atoms with van der Waals surface area (Å²) in [4.78, 5) is 26.1. The Morgan fingerprint density at radius 3 is 2.58 bits per heavy atom. The molecule has 1 aliphatic rings. The molecule has 0 spiro atoms. The number of aromatic nitrogens is 1. The fourth-order valence-electron chi connectivity index (χ4n) is 3.09. The number of carbonyl (C=O) groups is 2. The highest BCUT2D eigenvalue weighted by Gasteiger charge is 2.33. The van der Waals surface area contributed by atoms with Gasteiger partial charge in [0.25, 0.3) is 0 Å². The first-order valence-corrected chi connectivity index (χ1v) is 9.30. The largest absolute Gasteiger partial charge is 0.466 e. The minimum Gasteiger partial charge on any atom is -0.466 e. The minimum absolute atomic E-state index is 0.0352. The van der Waals surface area contributed by atoms with E-state index in [9.17, 15) is 9.59 Å². The molecule has 0 bridgehead atoms. The second-order valence-corrected chi connectivity index (χ2v) is 6.67. The normalized spacial score (nSPS) is 13.4. The quantitative estimate of drug-likeness (QED) is 0.649. The molecule has 26 heavy (non-hydrogen) atoms. The third-order valence-corrected chi connectivity index (χ3v) is 4.61. The Hall–Kier alpha value is -2.56. The van der Waals surface area contributed by atoms with E-state index >= 15 is 0 Å². The van der Waals surface area contributed by atoms with Crippen LogP contribution in [0.2, 0.25) is 0 Å². The molecule has 0 N–H and O–H groups in total. The van der Waals surface area contributed by atoms with E-state index in [0.29, 0.717) is 19.2 Å². The summed E-state index contributed by atoms with van der Waals surface area (Å²) in [5.74, 6) is -0.267. The molecule has 5 nitrogen and oxygen atoms in total. The zero-order chi connectivity index (χ0) is 18.4. The van der Waals surface area contributed by atoms with Crippen molar-refractivity contribution < 1.29 is 14.3 Å². The van der Waals surface area contributed by atoms with Gasteiger partial charge in [-0.2, -0.15) is 0 Å². The van der Waals surface area contributed by atoms with Crippen LogP contribution in [-0.2, 0) is 27.4 Å². The molecule has 1 fully saturated rings. The average molecular weight is 354 g/mol. The summed E-state index contributed by atoms with van der Waals surface area (Å²) in [6.07, 6.45) is 4.52. The van der Waals surface area contributed by atoms with Crippen LogP contribution in [-0.4, -0.2) is 34.0 Å². The molecule has 3 rings (SSSR count). The standard InChI is InChI=1S/C21H26N2O3/c1-2-26-21(25)13-12-20(24)23(18-10-11-18)16-19-9-6-14-22(19)15-17-7-4-3-5-8-17/h3-9,14,18H,2,10-13,15-16H2,1H3. The van der Waals surface area contributed by atoms with E-state index in [0.717, 1.165) is 25.1 Å². The molecule has 2 aromatic rings. The van der Waals surface area contributed by atoms with Gasteiger partial charge in [-0.15, -0.1) is 0 Å². The molecule has 0 radical (unpaired) electrons. The van der Waals surface area contributed by atoms with Gasteiger partial charge in [-0.25, -0.2) is 0 Å². The van der Waals surface area contributed by atoms with Crippen LogP contribution < -0.4 is 0 Å². The topological polar surface area (TPSA) is 51.5 Å². The lowest BCUT2D eigenvalue weighted by atomic mass is 10.2. The lowest BCUT2D eigenvalue weighted by molar-refractivity contribution is -0.146. The van der Waals surface area contributed by atoms with Crippen molar-refractivity contribution >= 4 is 11.9 Å². The number of nitrogens with zero attached hydrogens (tertiary/aromatic N) is 2. The SMILES string of the molecule is CCOC(=O)CCC(=O)N(Cc1cccn1Cc1ccccc1)C1CC1. The number of hydrogen-bond acceptors (Lipinski definition) is 3. The number of hydrogen-bond donors (Lipinski definition) is 0. The van der Waals surface area contributed by atoms with E-state index in [2.05, 4.69) is 29.0 Å². The van der Waals surface area contributed by atoms with Crippen molar-refractivity contribution in [2.45, 2.75) is 51.7 Å².